The molecular weight excluding hydrogens is 317 g/mol. The van der Waals surface area contributed by atoms with Crippen molar-refractivity contribution in [2.45, 2.75) is 31.7 Å². The van der Waals surface area contributed by atoms with E-state index in [-0.39, 0.29) is 5.82 Å². The zero-order valence-electron chi connectivity index (χ0n) is 11.4. The molecule has 2 aromatic rings. The molecule has 1 N–H and O–H groups in total. The van der Waals surface area contributed by atoms with Gasteiger partial charge in [0.25, 0.3) is 0 Å². The first-order chi connectivity index (χ1) is 9.63. The molecule has 0 bridgehead atoms. The summed E-state index contributed by atoms with van der Waals surface area (Å²) in [5.74, 6) is 0.278. The Bertz CT molecular complexity index is 620. The van der Waals surface area contributed by atoms with E-state index in [2.05, 4.69) is 46.4 Å². The summed E-state index contributed by atoms with van der Waals surface area (Å²) in [5, 5.41) is 3.52. The van der Waals surface area contributed by atoms with Crippen molar-refractivity contribution in [1.82, 2.24) is 0 Å². The SMILES string of the molecule is Cc1cc(NC2CC(c3ccccc3F)C2)ccc1Br. The Morgan fingerprint density at radius 1 is 1.15 bits per heavy atom. The Kier molecular flexibility index (Phi) is 3.79. The van der Waals surface area contributed by atoms with Crippen molar-refractivity contribution in [2.24, 2.45) is 0 Å². The number of hydrogen-bond donors (Lipinski definition) is 1. The molecule has 20 heavy (non-hydrogen) atoms. The second kappa shape index (κ2) is 5.57. The molecule has 0 amide bonds. The van der Waals surface area contributed by atoms with Crippen LogP contribution in [0.3, 0.4) is 0 Å². The van der Waals surface area contributed by atoms with Crippen LogP contribution in [0.2, 0.25) is 0 Å². The lowest BCUT2D eigenvalue weighted by molar-refractivity contribution is 0.363. The van der Waals surface area contributed by atoms with Gasteiger partial charge in [0.15, 0.2) is 0 Å². The third-order valence-corrected chi connectivity index (χ3v) is 4.90. The lowest BCUT2D eigenvalue weighted by Gasteiger charge is -2.37. The Labute approximate surface area is 127 Å². The van der Waals surface area contributed by atoms with Crippen LogP contribution in [0, 0.1) is 12.7 Å². The number of benzene rings is 2. The maximum Gasteiger partial charge on any atom is 0.126 e. The van der Waals surface area contributed by atoms with E-state index >= 15 is 0 Å². The third kappa shape index (κ3) is 2.73. The quantitative estimate of drug-likeness (QED) is 0.808. The molecule has 104 valence electrons. The maximum absolute atomic E-state index is 13.7. The molecule has 0 heterocycles. The van der Waals surface area contributed by atoms with Gasteiger partial charge in [-0.2, -0.15) is 0 Å². The fourth-order valence-corrected chi connectivity index (χ4v) is 3.01. The van der Waals surface area contributed by atoms with Gasteiger partial charge in [0, 0.05) is 16.2 Å². The minimum atomic E-state index is -0.0737. The Morgan fingerprint density at radius 3 is 2.60 bits per heavy atom. The van der Waals surface area contributed by atoms with Crippen molar-refractivity contribution in [1.29, 1.82) is 0 Å². The molecule has 0 unspecified atom stereocenters. The topological polar surface area (TPSA) is 12.0 Å². The van der Waals surface area contributed by atoms with Crippen LogP contribution in [0.1, 0.15) is 29.9 Å². The van der Waals surface area contributed by atoms with Gasteiger partial charge in [0.05, 0.1) is 0 Å². The molecule has 0 spiro atoms. The van der Waals surface area contributed by atoms with Crippen molar-refractivity contribution in [3.8, 4) is 0 Å². The highest BCUT2D eigenvalue weighted by Gasteiger charge is 2.31. The van der Waals surface area contributed by atoms with E-state index in [0.29, 0.717) is 12.0 Å². The summed E-state index contributed by atoms with van der Waals surface area (Å²) in [6, 6.07) is 13.8. The van der Waals surface area contributed by atoms with Gasteiger partial charge < -0.3 is 5.32 Å². The van der Waals surface area contributed by atoms with Crippen LogP contribution in [0.4, 0.5) is 10.1 Å². The number of aryl methyl sites for hydroxylation is 1. The summed E-state index contributed by atoms with van der Waals surface area (Å²) in [6.45, 7) is 2.08. The molecule has 0 atom stereocenters. The van der Waals surface area contributed by atoms with Gasteiger partial charge in [-0.05, 0) is 61.1 Å². The van der Waals surface area contributed by atoms with E-state index in [1.807, 2.05) is 12.1 Å². The average Bonchev–Trinajstić information content (AvgIpc) is 2.39. The molecule has 1 fully saturated rings. The van der Waals surface area contributed by atoms with Gasteiger partial charge in [-0.3, -0.25) is 0 Å². The number of rotatable bonds is 3. The fraction of sp³-hybridized carbons (Fsp3) is 0.294. The first-order valence-electron chi connectivity index (χ1n) is 6.90. The lowest BCUT2D eigenvalue weighted by atomic mass is 9.75. The molecule has 1 nitrogen and oxygen atoms in total. The summed E-state index contributed by atoms with van der Waals surface area (Å²) in [7, 11) is 0. The molecule has 0 radical (unpaired) electrons. The summed E-state index contributed by atoms with van der Waals surface area (Å²) in [4.78, 5) is 0. The van der Waals surface area contributed by atoms with E-state index in [4.69, 9.17) is 0 Å². The van der Waals surface area contributed by atoms with Crippen molar-refractivity contribution < 1.29 is 4.39 Å². The summed E-state index contributed by atoms with van der Waals surface area (Å²) < 4.78 is 14.8. The Hall–Kier alpha value is -1.35. The van der Waals surface area contributed by atoms with E-state index < -0.39 is 0 Å². The molecular formula is C17H17BrFN. The predicted molar refractivity (Wildman–Crippen MR) is 84.7 cm³/mol. The van der Waals surface area contributed by atoms with Crippen LogP contribution in [0.25, 0.3) is 0 Å². The molecule has 1 aliphatic rings. The van der Waals surface area contributed by atoms with Crippen LogP contribution in [0.15, 0.2) is 46.9 Å². The van der Waals surface area contributed by atoms with Gasteiger partial charge >= 0.3 is 0 Å². The van der Waals surface area contributed by atoms with Crippen LogP contribution >= 0.6 is 15.9 Å². The highest BCUT2D eigenvalue weighted by molar-refractivity contribution is 9.10. The maximum atomic E-state index is 13.7. The number of halogens is 2. The number of hydrogen-bond acceptors (Lipinski definition) is 1. The summed E-state index contributed by atoms with van der Waals surface area (Å²) in [5.41, 5.74) is 3.22. The fourth-order valence-electron chi connectivity index (χ4n) is 2.77. The minimum absolute atomic E-state index is 0.0737. The highest BCUT2D eigenvalue weighted by Crippen LogP contribution is 2.39. The monoisotopic (exact) mass is 333 g/mol. The standard InChI is InChI=1S/C17H17BrFN/c1-11-8-13(6-7-16(11)18)20-14-9-12(10-14)15-4-2-3-5-17(15)19/h2-8,12,14,20H,9-10H2,1H3. The van der Waals surface area contributed by atoms with Crippen molar-refractivity contribution >= 4 is 21.6 Å². The molecule has 1 aliphatic carbocycles. The zero-order chi connectivity index (χ0) is 14.1. The van der Waals surface area contributed by atoms with E-state index in [1.165, 1.54) is 5.56 Å². The zero-order valence-corrected chi connectivity index (χ0v) is 13.0. The Balaban J connectivity index is 1.61. The van der Waals surface area contributed by atoms with Crippen LogP contribution in [-0.4, -0.2) is 6.04 Å². The van der Waals surface area contributed by atoms with Crippen molar-refractivity contribution in [3.63, 3.8) is 0 Å². The summed E-state index contributed by atoms with van der Waals surface area (Å²) >= 11 is 3.51. The van der Waals surface area contributed by atoms with Crippen molar-refractivity contribution in [3.05, 3.63) is 63.9 Å². The number of nitrogens with one attached hydrogen (secondary N) is 1. The summed E-state index contributed by atoms with van der Waals surface area (Å²) in [6.07, 6.45) is 1.99. The van der Waals surface area contributed by atoms with Gasteiger partial charge in [-0.1, -0.05) is 34.1 Å². The van der Waals surface area contributed by atoms with Crippen molar-refractivity contribution in [2.75, 3.05) is 5.32 Å². The van der Waals surface area contributed by atoms with Gasteiger partial charge in [0.1, 0.15) is 5.82 Å². The molecule has 0 aromatic heterocycles. The lowest BCUT2D eigenvalue weighted by Crippen LogP contribution is -2.34. The second-order valence-corrected chi connectivity index (χ2v) is 6.35. The molecule has 2 aromatic carbocycles. The van der Waals surface area contributed by atoms with Crippen LogP contribution in [0.5, 0.6) is 0 Å². The van der Waals surface area contributed by atoms with E-state index in [1.54, 1.807) is 12.1 Å². The Morgan fingerprint density at radius 2 is 1.90 bits per heavy atom. The third-order valence-electron chi connectivity index (χ3n) is 4.01. The average molecular weight is 334 g/mol. The molecule has 3 rings (SSSR count). The van der Waals surface area contributed by atoms with Gasteiger partial charge in [0.2, 0.25) is 0 Å². The smallest absolute Gasteiger partial charge is 0.126 e. The first kappa shape index (κ1) is 13.6. The predicted octanol–water partition coefficient (Wildman–Crippen LogP) is 5.25. The minimum Gasteiger partial charge on any atom is -0.382 e. The molecule has 0 aliphatic heterocycles. The normalized spacial score (nSPS) is 21.4. The van der Waals surface area contributed by atoms with Crippen LogP contribution < -0.4 is 5.32 Å². The molecule has 0 saturated heterocycles. The highest BCUT2D eigenvalue weighted by atomic mass is 79.9. The number of anilines is 1. The van der Waals surface area contributed by atoms with E-state index in [0.717, 1.165) is 28.6 Å². The van der Waals surface area contributed by atoms with Gasteiger partial charge in [-0.25, -0.2) is 4.39 Å². The molecule has 1 saturated carbocycles. The largest absolute Gasteiger partial charge is 0.382 e. The second-order valence-electron chi connectivity index (χ2n) is 5.50. The van der Waals surface area contributed by atoms with Gasteiger partial charge in [-0.15, -0.1) is 0 Å². The molecule has 3 heteroatoms. The first-order valence-corrected chi connectivity index (χ1v) is 7.70. The van der Waals surface area contributed by atoms with E-state index in [9.17, 15) is 4.39 Å². The van der Waals surface area contributed by atoms with Crippen LogP contribution in [-0.2, 0) is 0 Å².